The molecule has 49 heavy (non-hydrogen) atoms. The number of thiazole rings is 1. The molecule has 0 amide bonds. The highest BCUT2D eigenvalue weighted by Crippen LogP contribution is 2.36. The lowest BCUT2D eigenvalue weighted by atomic mass is 9.95. The normalized spacial score (nSPS) is 14.3. The molecule has 6 rings (SSSR count). The van der Waals surface area contributed by atoms with E-state index in [1.54, 1.807) is 37.7 Å². The number of benzene rings is 4. The highest BCUT2D eigenvalue weighted by molar-refractivity contribution is 7.07. The fourth-order valence-corrected chi connectivity index (χ4v) is 7.01. The lowest BCUT2D eigenvalue weighted by Crippen LogP contribution is -2.40. The predicted molar refractivity (Wildman–Crippen MR) is 190 cm³/mol. The standard InChI is InChI=1S/C39H38N2O7S/c1-6-45-31-19-17-27(22-33(31)46-7-2)36-35(38(43)47-8-3)24(4)40-39-41(36)37(42)34(49-39)21-25-16-18-30(32(20-25)44-5)48-23-28-14-11-13-26-12-9-10-15-29(26)28/h9-22,36H,6-8,23H2,1-5H3/b34-21-/t36-/m0/s1. The fourth-order valence-electron chi connectivity index (χ4n) is 5.96. The molecular formula is C39H38N2O7S. The summed E-state index contributed by atoms with van der Waals surface area (Å²) in [5.41, 5.74) is 2.98. The average Bonchev–Trinajstić information content (AvgIpc) is 3.41. The second kappa shape index (κ2) is 14.8. The number of aromatic nitrogens is 1. The van der Waals surface area contributed by atoms with Crippen molar-refractivity contribution in [3.63, 3.8) is 0 Å². The van der Waals surface area contributed by atoms with Crippen LogP contribution in [-0.2, 0) is 16.1 Å². The molecule has 1 aliphatic heterocycles. The molecule has 10 heteroatoms. The van der Waals surface area contributed by atoms with E-state index < -0.39 is 12.0 Å². The maximum Gasteiger partial charge on any atom is 0.338 e. The predicted octanol–water partition coefficient (Wildman–Crippen LogP) is 6.34. The Labute approximate surface area is 288 Å². The van der Waals surface area contributed by atoms with Crippen LogP contribution in [0.1, 0.15) is 50.4 Å². The first-order chi connectivity index (χ1) is 23.9. The van der Waals surface area contributed by atoms with Crippen LogP contribution in [0.2, 0.25) is 0 Å². The van der Waals surface area contributed by atoms with E-state index in [1.165, 1.54) is 11.3 Å². The van der Waals surface area contributed by atoms with Crippen LogP contribution < -0.4 is 33.8 Å². The van der Waals surface area contributed by atoms with Crippen molar-refractivity contribution in [2.45, 2.75) is 40.3 Å². The molecule has 252 valence electrons. The summed E-state index contributed by atoms with van der Waals surface area (Å²) in [6, 6.07) is 24.6. The van der Waals surface area contributed by atoms with Gasteiger partial charge in [0.2, 0.25) is 0 Å². The van der Waals surface area contributed by atoms with Gasteiger partial charge in [-0.1, -0.05) is 65.9 Å². The zero-order valence-corrected chi connectivity index (χ0v) is 29.0. The van der Waals surface area contributed by atoms with E-state index in [0.717, 1.165) is 21.9 Å². The Morgan fingerprint density at radius 3 is 2.37 bits per heavy atom. The van der Waals surface area contributed by atoms with Gasteiger partial charge < -0.3 is 23.7 Å². The third-order valence-corrected chi connectivity index (χ3v) is 9.13. The van der Waals surface area contributed by atoms with Crippen molar-refractivity contribution < 1.29 is 28.5 Å². The summed E-state index contributed by atoms with van der Waals surface area (Å²) in [4.78, 5) is 32.7. The number of carbonyl (C=O) groups is 1. The largest absolute Gasteiger partial charge is 0.493 e. The number of hydrogen-bond donors (Lipinski definition) is 0. The second-order valence-electron chi connectivity index (χ2n) is 11.2. The van der Waals surface area contributed by atoms with Crippen molar-refractivity contribution >= 4 is 34.2 Å². The second-order valence-corrected chi connectivity index (χ2v) is 12.2. The highest BCUT2D eigenvalue weighted by Gasteiger charge is 2.34. The minimum Gasteiger partial charge on any atom is -0.493 e. The molecule has 0 unspecified atom stereocenters. The molecule has 0 radical (unpaired) electrons. The molecule has 1 atom stereocenters. The maximum atomic E-state index is 14.2. The number of ether oxygens (including phenoxy) is 5. The van der Waals surface area contributed by atoms with Crippen LogP contribution in [0.5, 0.6) is 23.0 Å². The first kappa shape index (κ1) is 33.5. The molecule has 4 aromatic carbocycles. The van der Waals surface area contributed by atoms with Crippen LogP contribution >= 0.6 is 11.3 Å². The molecule has 1 aliphatic rings. The Hall–Kier alpha value is -5.35. The Balaban J connectivity index is 1.38. The Morgan fingerprint density at radius 1 is 0.857 bits per heavy atom. The van der Waals surface area contributed by atoms with Crippen molar-refractivity contribution in [2.75, 3.05) is 26.9 Å². The molecule has 0 spiro atoms. The van der Waals surface area contributed by atoms with Gasteiger partial charge in [0, 0.05) is 0 Å². The van der Waals surface area contributed by atoms with Crippen molar-refractivity contribution in [1.82, 2.24) is 4.57 Å². The van der Waals surface area contributed by atoms with Crippen molar-refractivity contribution in [1.29, 1.82) is 0 Å². The SMILES string of the molecule is CCOC(=O)C1=C(C)N=c2s/c(=C\c3ccc(OCc4cccc5ccccc45)c(OC)c3)c(=O)n2[C@H]1c1ccc(OCC)c(OCC)c1. The van der Waals surface area contributed by atoms with Crippen molar-refractivity contribution in [2.24, 2.45) is 4.99 Å². The van der Waals surface area contributed by atoms with E-state index in [0.29, 0.717) is 69.0 Å². The quantitative estimate of drug-likeness (QED) is 0.142. The van der Waals surface area contributed by atoms with Gasteiger partial charge in [0.05, 0.1) is 48.8 Å². The van der Waals surface area contributed by atoms with Crippen LogP contribution in [0.25, 0.3) is 16.8 Å². The molecule has 0 aliphatic carbocycles. The summed E-state index contributed by atoms with van der Waals surface area (Å²) in [5.74, 6) is 1.70. The summed E-state index contributed by atoms with van der Waals surface area (Å²) in [6.45, 7) is 8.73. The molecule has 5 aromatic rings. The summed E-state index contributed by atoms with van der Waals surface area (Å²) >= 11 is 1.25. The molecule has 2 heterocycles. The summed E-state index contributed by atoms with van der Waals surface area (Å²) in [7, 11) is 1.59. The zero-order chi connectivity index (χ0) is 34.5. The number of rotatable bonds is 12. The molecule has 1 aromatic heterocycles. The van der Waals surface area contributed by atoms with E-state index in [1.807, 2.05) is 62.4 Å². The molecule has 0 saturated heterocycles. The first-order valence-corrected chi connectivity index (χ1v) is 17.0. The molecule has 0 N–H and O–H groups in total. The highest BCUT2D eigenvalue weighted by atomic mass is 32.1. The maximum absolute atomic E-state index is 14.2. The molecular weight excluding hydrogens is 641 g/mol. The van der Waals surface area contributed by atoms with E-state index in [4.69, 9.17) is 28.7 Å². The van der Waals surface area contributed by atoms with Crippen molar-refractivity contribution in [3.8, 4) is 23.0 Å². The Morgan fingerprint density at radius 2 is 1.59 bits per heavy atom. The van der Waals surface area contributed by atoms with Gasteiger partial charge in [-0.3, -0.25) is 9.36 Å². The number of carbonyl (C=O) groups excluding carboxylic acids is 1. The van der Waals surface area contributed by atoms with Gasteiger partial charge >= 0.3 is 5.97 Å². The van der Waals surface area contributed by atoms with Gasteiger partial charge in [0.1, 0.15) is 6.61 Å². The Bertz CT molecular complexity index is 2230. The van der Waals surface area contributed by atoms with Gasteiger partial charge in [0.25, 0.3) is 5.56 Å². The molecule has 0 fully saturated rings. The summed E-state index contributed by atoms with van der Waals surface area (Å²) in [6.07, 6.45) is 1.80. The minimum atomic E-state index is -0.785. The van der Waals surface area contributed by atoms with Crippen LogP contribution in [0.3, 0.4) is 0 Å². The molecule has 0 bridgehead atoms. The smallest absolute Gasteiger partial charge is 0.338 e. The Kier molecular flexibility index (Phi) is 10.1. The number of esters is 1. The van der Waals surface area contributed by atoms with E-state index >= 15 is 0 Å². The molecule has 9 nitrogen and oxygen atoms in total. The van der Waals surface area contributed by atoms with Gasteiger partial charge in [-0.15, -0.1) is 0 Å². The summed E-state index contributed by atoms with van der Waals surface area (Å²) < 4.78 is 31.0. The van der Waals surface area contributed by atoms with Crippen LogP contribution in [-0.4, -0.2) is 37.5 Å². The van der Waals surface area contributed by atoms with Gasteiger partial charge in [-0.2, -0.15) is 0 Å². The van der Waals surface area contributed by atoms with E-state index in [-0.39, 0.29) is 12.2 Å². The van der Waals surface area contributed by atoms with Crippen LogP contribution in [0.4, 0.5) is 0 Å². The number of methoxy groups -OCH3 is 1. The lowest BCUT2D eigenvalue weighted by molar-refractivity contribution is -0.139. The third kappa shape index (κ3) is 6.82. The average molecular weight is 679 g/mol. The van der Waals surface area contributed by atoms with Crippen LogP contribution in [0, 0.1) is 0 Å². The fraction of sp³-hybridized carbons (Fsp3) is 0.256. The molecule has 0 saturated carbocycles. The van der Waals surface area contributed by atoms with Crippen LogP contribution in [0.15, 0.2) is 99.9 Å². The zero-order valence-electron chi connectivity index (χ0n) is 28.1. The number of hydrogen-bond acceptors (Lipinski definition) is 9. The third-order valence-electron chi connectivity index (χ3n) is 8.15. The number of nitrogens with zero attached hydrogens (tertiary/aromatic N) is 2. The van der Waals surface area contributed by atoms with Gasteiger partial charge in [0.15, 0.2) is 27.8 Å². The minimum absolute atomic E-state index is 0.184. The number of allylic oxidation sites excluding steroid dienone is 1. The first-order valence-electron chi connectivity index (χ1n) is 16.2. The monoisotopic (exact) mass is 678 g/mol. The van der Waals surface area contributed by atoms with E-state index in [2.05, 4.69) is 24.3 Å². The van der Waals surface area contributed by atoms with Crippen molar-refractivity contribution in [3.05, 3.63) is 127 Å². The van der Waals surface area contributed by atoms with Gasteiger partial charge in [-0.25, -0.2) is 9.79 Å². The van der Waals surface area contributed by atoms with Gasteiger partial charge in [-0.05, 0) is 85.5 Å². The van der Waals surface area contributed by atoms with E-state index in [9.17, 15) is 9.59 Å². The number of fused-ring (bicyclic) bond motifs is 2. The lowest BCUT2D eigenvalue weighted by Gasteiger charge is -2.25. The summed E-state index contributed by atoms with van der Waals surface area (Å²) in [5, 5.41) is 2.28. The topological polar surface area (TPSA) is 97.6 Å².